The highest BCUT2D eigenvalue weighted by Crippen LogP contribution is 2.17. The van der Waals surface area contributed by atoms with Crippen LogP contribution in [0.2, 0.25) is 0 Å². The molecular formula is C18H26N4O. The monoisotopic (exact) mass is 314 g/mol. The van der Waals surface area contributed by atoms with Crippen molar-refractivity contribution in [2.24, 2.45) is 0 Å². The number of nitrogens with zero attached hydrogens (tertiary/aromatic N) is 3. The molecule has 3 rings (SSSR count). The van der Waals surface area contributed by atoms with Gasteiger partial charge in [0.1, 0.15) is 0 Å². The Balaban J connectivity index is 1.46. The van der Waals surface area contributed by atoms with Crippen molar-refractivity contribution in [3.05, 3.63) is 47.0 Å². The summed E-state index contributed by atoms with van der Waals surface area (Å²) in [7, 11) is 0. The third-order valence-corrected chi connectivity index (χ3v) is 4.61. The maximum absolute atomic E-state index is 6.06. The van der Waals surface area contributed by atoms with Crippen molar-refractivity contribution >= 4 is 0 Å². The summed E-state index contributed by atoms with van der Waals surface area (Å²) >= 11 is 0. The Morgan fingerprint density at radius 2 is 2.26 bits per heavy atom. The van der Waals surface area contributed by atoms with Crippen LogP contribution < -0.4 is 0 Å². The molecule has 0 spiro atoms. The van der Waals surface area contributed by atoms with Gasteiger partial charge in [-0.25, -0.2) is 0 Å². The zero-order chi connectivity index (χ0) is 16.1. The predicted octanol–water partition coefficient (Wildman–Crippen LogP) is 2.65. The van der Waals surface area contributed by atoms with E-state index in [1.165, 1.54) is 24.2 Å². The fourth-order valence-corrected chi connectivity index (χ4v) is 3.25. The first-order valence-corrected chi connectivity index (χ1v) is 8.46. The van der Waals surface area contributed by atoms with Gasteiger partial charge in [0.15, 0.2) is 0 Å². The summed E-state index contributed by atoms with van der Waals surface area (Å²) in [6, 6.07) is 5.96. The molecule has 3 heterocycles. The van der Waals surface area contributed by atoms with Crippen LogP contribution in [0.5, 0.6) is 0 Å². The molecule has 0 unspecified atom stereocenters. The number of aromatic nitrogens is 3. The van der Waals surface area contributed by atoms with Gasteiger partial charge in [-0.1, -0.05) is 6.07 Å². The summed E-state index contributed by atoms with van der Waals surface area (Å²) in [5.41, 5.74) is 4.70. The smallest absolute Gasteiger partial charge is 0.0892 e. The third kappa shape index (κ3) is 4.39. The van der Waals surface area contributed by atoms with Gasteiger partial charge in [-0.15, -0.1) is 0 Å². The van der Waals surface area contributed by atoms with E-state index in [1.54, 1.807) is 0 Å². The minimum atomic E-state index is 0.317. The van der Waals surface area contributed by atoms with Crippen molar-refractivity contribution in [1.82, 2.24) is 20.1 Å². The molecule has 2 aromatic heterocycles. The molecule has 1 aliphatic rings. The van der Waals surface area contributed by atoms with E-state index in [1.807, 2.05) is 24.4 Å². The fourth-order valence-electron chi connectivity index (χ4n) is 3.25. The van der Waals surface area contributed by atoms with E-state index in [0.29, 0.717) is 12.7 Å². The maximum atomic E-state index is 6.06. The van der Waals surface area contributed by atoms with Gasteiger partial charge < -0.3 is 9.64 Å². The Kier molecular flexibility index (Phi) is 5.41. The van der Waals surface area contributed by atoms with Crippen molar-refractivity contribution < 1.29 is 4.74 Å². The molecule has 1 fully saturated rings. The normalized spacial score (nSPS) is 19.1. The molecule has 1 aliphatic heterocycles. The third-order valence-electron chi connectivity index (χ3n) is 4.61. The molecule has 124 valence electrons. The Morgan fingerprint density at radius 1 is 1.35 bits per heavy atom. The zero-order valence-electron chi connectivity index (χ0n) is 14.1. The number of H-pyrrole nitrogens is 1. The molecule has 0 aliphatic carbocycles. The second kappa shape index (κ2) is 7.70. The average molecular weight is 314 g/mol. The molecule has 1 saturated heterocycles. The Labute approximate surface area is 138 Å². The summed E-state index contributed by atoms with van der Waals surface area (Å²) in [6.45, 7) is 8.05. The highest BCUT2D eigenvalue weighted by Gasteiger charge is 2.21. The van der Waals surface area contributed by atoms with Gasteiger partial charge in [-0.2, -0.15) is 5.10 Å². The first-order valence-electron chi connectivity index (χ1n) is 8.46. The van der Waals surface area contributed by atoms with Crippen molar-refractivity contribution in [2.75, 3.05) is 19.6 Å². The van der Waals surface area contributed by atoms with E-state index in [-0.39, 0.29) is 0 Å². The lowest BCUT2D eigenvalue weighted by atomic mass is 10.1. The molecule has 0 radical (unpaired) electrons. The topological polar surface area (TPSA) is 54.0 Å². The second-order valence-corrected chi connectivity index (χ2v) is 6.36. The molecule has 5 nitrogen and oxygen atoms in total. The number of rotatable bonds is 6. The van der Waals surface area contributed by atoms with Gasteiger partial charge in [-0.3, -0.25) is 10.1 Å². The number of aryl methyl sites for hydroxylation is 2. The van der Waals surface area contributed by atoms with Crippen LogP contribution >= 0.6 is 0 Å². The second-order valence-electron chi connectivity index (χ2n) is 6.36. The van der Waals surface area contributed by atoms with Crippen LogP contribution in [0, 0.1) is 13.8 Å². The summed E-state index contributed by atoms with van der Waals surface area (Å²) < 4.78 is 6.06. The number of aromatic amines is 1. The van der Waals surface area contributed by atoms with Gasteiger partial charge in [-0.05, 0) is 57.4 Å². The molecule has 0 saturated carbocycles. The lowest BCUT2D eigenvalue weighted by Crippen LogP contribution is -2.40. The van der Waals surface area contributed by atoms with Crippen molar-refractivity contribution in [2.45, 2.75) is 45.8 Å². The van der Waals surface area contributed by atoms with Crippen LogP contribution in [0.15, 0.2) is 24.4 Å². The van der Waals surface area contributed by atoms with Crippen LogP contribution in [-0.4, -0.2) is 45.8 Å². The Bertz CT molecular complexity index is 591. The van der Waals surface area contributed by atoms with E-state index < -0.39 is 0 Å². The standard InChI is InChI=1S/C18H26N4O/c1-14-18(15(2)21-20-14)8-11-22-10-5-7-17(12-22)23-13-16-6-3-4-9-19-16/h3-4,6,9,17H,5,7-8,10-13H2,1-2H3,(H,20,21)/t17-/m0/s1. The van der Waals surface area contributed by atoms with Crippen LogP contribution in [0.1, 0.15) is 35.5 Å². The molecular weight excluding hydrogens is 288 g/mol. The number of likely N-dealkylation sites (tertiary alicyclic amines) is 1. The van der Waals surface area contributed by atoms with Crippen molar-refractivity contribution in [3.8, 4) is 0 Å². The number of piperidine rings is 1. The highest BCUT2D eigenvalue weighted by molar-refractivity contribution is 5.23. The van der Waals surface area contributed by atoms with Gasteiger partial charge in [0.2, 0.25) is 0 Å². The van der Waals surface area contributed by atoms with Gasteiger partial charge in [0.05, 0.1) is 24.1 Å². The molecule has 5 heteroatoms. The molecule has 1 N–H and O–H groups in total. The minimum absolute atomic E-state index is 0.317. The van der Waals surface area contributed by atoms with Crippen LogP contribution in [0.3, 0.4) is 0 Å². The van der Waals surface area contributed by atoms with Crippen LogP contribution in [0.25, 0.3) is 0 Å². The lowest BCUT2D eigenvalue weighted by Gasteiger charge is -2.32. The highest BCUT2D eigenvalue weighted by atomic mass is 16.5. The quantitative estimate of drug-likeness (QED) is 0.890. The first kappa shape index (κ1) is 16.1. The molecule has 2 aromatic rings. The average Bonchev–Trinajstić information content (AvgIpc) is 2.91. The number of pyridine rings is 1. The van der Waals surface area contributed by atoms with Crippen LogP contribution in [0.4, 0.5) is 0 Å². The number of ether oxygens (including phenoxy) is 1. The Morgan fingerprint density at radius 3 is 3.00 bits per heavy atom. The largest absolute Gasteiger partial charge is 0.371 e. The molecule has 23 heavy (non-hydrogen) atoms. The number of hydrogen-bond acceptors (Lipinski definition) is 4. The van der Waals surface area contributed by atoms with E-state index in [0.717, 1.165) is 37.3 Å². The summed E-state index contributed by atoms with van der Waals surface area (Å²) in [4.78, 5) is 6.83. The van der Waals surface area contributed by atoms with Gasteiger partial charge >= 0.3 is 0 Å². The molecule has 0 aromatic carbocycles. The van der Waals surface area contributed by atoms with Crippen LogP contribution in [-0.2, 0) is 17.8 Å². The van der Waals surface area contributed by atoms with E-state index in [4.69, 9.17) is 4.74 Å². The van der Waals surface area contributed by atoms with E-state index >= 15 is 0 Å². The molecule has 0 amide bonds. The maximum Gasteiger partial charge on any atom is 0.0892 e. The van der Waals surface area contributed by atoms with Crippen molar-refractivity contribution in [1.29, 1.82) is 0 Å². The summed E-state index contributed by atoms with van der Waals surface area (Å²) in [5.74, 6) is 0. The summed E-state index contributed by atoms with van der Waals surface area (Å²) in [5, 5.41) is 7.35. The number of nitrogens with one attached hydrogen (secondary N) is 1. The zero-order valence-corrected chi connectivity index (χ0v) is 14.1. The Hall–Kier alpha value is -1.72. The van der Waals surface area contributed by atoms with E-state index in [2.05, 4.69) is 33.9 Å². The lowest BCUT2D eigenvalue weighted by molar-refractivity contribution is -0.0109. The molecule has 1 atom stereocenters. The minimum Gasteiger partial charge on any atom is -0.371 e. The van der Waals surface area contributed by atoms with Crippen molar-refractivity contribution in [3.63, 3.8) is 0 Å². The van der Waals surface area contributed by atoms with E-state index in [9.17, 15) is 0 Å². The van der Waals surface area contributed by atoms with Gasteiger partial charge in [0, 0.05) is 25.0 Å². The fraction of sp³-hybridized carbons (Fsp3) is 0.556. The predicted molar refractivity (Wildman–Crippen MR) is 90.3 cm³/mol. The number of hydrogen-bond donors (Lipinski definition) is 1. The summed E-state index contributed by atoms with van der Waals surface area (Å²) in [6.07, 6.45) is 5.55. The first-order chi connectivity index (χ1) is 11.2. The van der Waals surface area contributed by atoms with Gasteiger partial charge in [0.25, 0.3) is 0 Å². The molecule has 0 bridgehead atoms. The SMILES string of the molecule is Cc1n[nH]c(C)c1CCN1CCC[C@H](OCc2ccccn2)C1.